The molecular weight excluding hydrogens is 368 g/mol. The van der Waals surface area contributed by atoms with Gasteiger partial charge in [-0.25, -0.2) is 13.1 Å². The zero-order chi connectivity index (χ0) is 20.0. The van der Waals surface area contributed by atoms with Crippen molar-refractivity contribution in [2.24, 2.45) is 5.92 Å². The average molecular weight is 397 g/mol. The Hall–Kier alpha value is -1.93. The first-order valence-corrected chi connectivity index (χ1v) is 10.8. The second kappa shape index (κ2) is 9.32. The van der Waals surface area contributed by atoms with Gasteiger partial charge >= 0.3 is 5.97 Å². The molecule has 1 amide bonds. The Balaban J connectivity index is 2.11. The highest BCUT2D eigenvalue weighted by atomic mass is 32.2. The number of aliphatic carboxylic acids is 1. The van der Waals surface area contributed by atoms with Crippen LogP contribution < -0.4 is 10.0 Å². The third kappa shape index (κ3) is 6.04. The minimum absolute atomic E-state index is 0.0853. The fourth-order valence-electron chi connectivity index (χ4n) is 3.37. The normalized spacial score (nSPS) is 21.3. The molecule has 1 aromatic carbocycles. The van der Waals surface area contributed by atoms with Crippen molar-refractivity contribution in [3.8, 4) is 0 Å². The molecule has 0 spiro atoms. The SMILES string of the molecule is CC(C)NS(=O)(=O)c1ccc(C(=O)NC2CCCCCCC2C(=O)O)cc1. The molecular formula is C19H28N2O5S. The van der Waals surface area contributed by atoms with E-state index < -0.39 is 28.0 Å². The Kier molecular flexibility index (Phi) is 7.38. The van der Waals surface area contributed by atoms with Gasteiger partial charge in [0, 0.05) is 17.6 Å². The van der Waals surface area contributed by atoms with Crippen LogP contribution in [0.25, 0.3) is 0 Å². The Labute approximate surface area is 160 Å². The summed E-state index contributed by atoms with van der Waals surface area (Å²) in [7, 11) is -3.62. The largest absolute Gasteiger partial charge is 0.481 e. The molecule has 150 valence electrons. The quantitative estimate of drug-likeness (QED) is 0.684. The molecule has 0 aliphatic heterocycles. The molecule has 0 saturated heterocycles. The van der Waals surface area contributed by atoms with E-state index in [1.54, 1.807) is 13.8 Å². The lowest BCUT2D eigenvalue weighted by molar-refractivity contribution is -0.143. The summed E-state index contributed by atoms with van der Waals surface area (Å²) in [6.07, 6.45) is 4.97. The number of carboxylic acids is 1. The molecule has 3 N–H and O–H groups in total. The van der Waals surface area contributed by atoms with Crippen molar-refractivity contribution in [2.75, 3.05) is 0 Å². The van der Waals surface area contributed by atoms with Crippen molar-refractivity contribution in [1.82, 2.24) is 10.0 Å². The first-order chi connectivity index (χ1) is 12.7. The second-order valence-electron chi connectivity index (χ2n) is 7.32. The van der Waals surface area contributed by atoms with Gasteiger partial charge in [-0.2, -0.15) is 0 Å². The van der Waals surface area contributed by atoms with Crippen molar-refractivity contribution in [1.29, 1.82) is 0 Å². The molecule has 0 radical (unpaired) electrons. The highest BCUT2D eigenvalue weighted by Gasteiger charge is 2.30. The maximum absolute atomic E-state index is 12.5. The molecule has 2 atom stereocenters. The molecule has 7 nitrogen and oxygen atoms in total. The number of carboxylic acid groups (broad SMARTS) is 1. The number of benzene rings is 1. The smallest absolute Gasteiger partial charge is 0.308 e. The van der Waals surface area contributed by atoms with Crippen LogP contribution in [-0.4, -0.2) is 37.5 Å². The predicted octanol–water partition coefficient (Wildman–Crippen LogP) is 2.53. The number of nitrogens with one attached hydrogen (secondary N) is 2. The summed E-state index contributed by atoms with van der Waals surface area (Å²) in [4.78, 5) is 24.2. The minimum atomic E-state index is -3.62. The molecule has 1 fully saturated rings. The number of hydrogen-bond acceptors (Lipinski definition) is 4. The third-order valence-corrected chi connectivity index (χ3v) is 6.39. The van der Waals surface area contributed by atoms with Gasteiger partial charge in [-0.1, -0.05) is 25.7 Å². The summed E-state index contributed by atoms with van der Waals surface area (Å²) in [5, 5.41) is 12.3. The molecule has 0 aromatic heterocycles. The van der Waals surface area contributed by atoms with E-state index in [0.29, 0.717) is 18.4 Å². The van der Waals surface area contributed by atoms with Gasteiger partial charge in [0.05, 0.1) is 10.8 Å². The summed E-state index contributed by atoms with van der Waals surface area (Å²) < 4.78 is 26.8. The van der Waals surface area contributed by atoms with E-state index in [4.69, 9.17) is 0 Å². The summed E-state index contributed by atoms with van der Waals surface area (Å²) in [5.41, 5.74) is 0.310. The highest BCUT2D eigenvalue weighted by Crippen LogP contribution is 2.23. The molecule has 27 heavy (non-hydrogen) atoms. The van der Waals surface area contributed by atoms with Crippen LogP contribution in [0.4, 0.5) is 0 Å². The van der Waals surface area contributed by atoms with E-state index >= 15 is 0 Å². The fourth-order valence-corrected chi connectivity index (χ4v) is 4.62. The lowest BCUT2D eigenvalue weighted by Crippen LogP contribution is -2.43. The molecule has 1 aliphatic carbocycles. The van der Waals surface area contributed by atoms with Gasteiger partial charge in [0.2, 0.25) is 10.0 Å². The van der Waals surface area contributed by atoms with Crippen LogP contribution in [0.15, 0.2) is 29.2 Å². The zero-order valence-electron chi connectivity index (χ0n) is 15.8. The van der Waals surface area contributed by atoms with E-state index in [9.17, 15) is 23.1 Å². The Morgan fingerprint density at radius 2 is 1.63 bits per heavy atom. The van der Waals surface area contributed by atoms with Crippen molar-refractivity contribution in [3.63, 3.8) is 0 Å². The third-order valence-electron chi connectivity index (χ3n) is 4.72. The highest BCUT2D eigenvalue weighted by molar-refractivity contribution is 7.89. The molecule has 2 unspecified atom stereocenters. The number of hydrogen-bond donors (Lipinski definition) is 3. The van der Waals surface area contributed by atoms with Crippen molar-refractivity contribution >= 4 is 21.9 Å². The fraction of sp³-hybridized carbons (Fsp3) is 0.579. The Bertz CT molecular complexity index is 759. The monoisotopic (exact) mass is 396 g/mol. The van der Waals surface area contributed by atoms with E-state index in [1.165, 1.54) is 24.3 Å². The van der Waals surface area contributed by atoms with Crippen molar-refractivity contribution in [3.05, 3.63) is 29.8 Å². The Morgan fingerprint density at radius 3 is 2.19 bits per heavy atom. The van der Waals surface area contributed by atoms with Crippen LogP contribution in [0.2, 0.25) is 0 Å². The van der Waals surface area contributed by atoms with Crippen LogP contribution in [0.3, 0.4) is 0 Å². The molecule has 1 aromatic rings. The number of carbonyl (C=O) groups excluding carboxylic acids is 1. The van der Waals surface area contributed by atoms with Gasteiger partial charge in [-0.15, -0.1) is 0 Å². The number of amides is 1. The standard InChI is InChI=1S/C19H28N2O5S/c1-13(2)21-27(25,26)15-11-9-14(10-12-15)18(22)20-17-8-6-4-3-5-7-16(17)19(23)24/h9-13,16-17,21H,3-8H2,1-2H3,(H,20,22)(H,23,24). The predicted molar refractivity (Wildman–Crippen MR) is 102 cm³/mol. The maximum Gasteiger partial charge on any atom is 0.308 e. The second-order valence-corrected chi connectivity index (χ2v) is 9.03. The number of carbonyl (C=O) groups is 2. The van der Waals surface area contributed by atoms with Gasteiger partial charge in [-0.05, 0) is 51.0 Å². The summed E-state index contributed by atoms with van der Waals surface area (Å²) in [6, 6.07) is 5.01. The van der Waals surface area contributed by atoms with Crippen LogP contribution in [-0.2, 0) is 14.8 Å². The lowest BCUT2D eigenvalue weighted by atomic mass is 9.86. The summed E-state index contributed by atoms with van der Waals surface area (Å²) >= 11 is 0. The topological polar surface area (TPSA) is 113 Å². The van der Waals surface area contributed by atoms with Gasteiger partial charge in [0.1, 0.15) is 0 Å². The van der Waals surface area contributed by atoms with Crippen LogP contribution in [0.5, 0.6) is 0 Å². The molecule has 8 heteroatoms. The van der Waals surface area contributed by atoms with Crippen molar-refractivity contribution in [2.45, 2.75) is 69.4 Å². The summed E-state index contributed by atoms with van der Waals surface area (Å²) in [6.45, 7) is 3.46. The minimum Gasteiger partial charge on any atom is -0.481 e. The molecule has 0 heterocycles. The van der Waals surface area contributed by atoms with E-state index in [0.717, 1.165) is 25.7 Å². The van der Waals surface area contributed by atoms with Gasteiger partial charge in [0.15, 0.2) is 0 Å². The number of sulfonamides is 1. The van der Waals surface area contributed by atoms with E-state index in [1.807, 2.05) is 0 Å². The van der Waals surface area contributed by atoms with Gasteiger partial charge in [-0.3, -0.25) is 9.59 Å². The van der Waals surface area contributed by atoms with Crippen LogP contribution in [0, 0.1) is 5.92 Å². The maximum atomic E-state index is 12.5. The molecule has 1 aliphatic rings. The van der Waals surface area contributed by atoms with Crippen LogP contribution >= 0.6 is 0 Å². The van der Waals surface area contributed by atoms with Gasteiger partial charge in [0.25, 0.3) is 5.91 Å². The van der Waals surface area contributed by atoms with E-state index in [2.05, 4.69) is 10.0 Å². The average Bonchev–Trinajstić information content (AvgIpc) is 2.56. The summed E-state index contributed by atoms with van der Waals surface area (Å²) in [5.74, 6) is -1.86. The van der Waals surface area contributed by atoms with E-state index in [-0.39, 0.29) is 16.8 Å². The Morgan fingerprint density at radius 1 is 1.04 bits per heavy atom. The van der Waals surface area contributed by atoms with Gasteiger partial charge < -0.3 is 10.4 Å². The van der Waals surface area contributed by atoms with Crippen molar-refractivity contribution < 1.29 is 23.1 Å². The lowest BCUT2D eigenvalue weighted by Gasteiger charge is -2.27. The first kappa shape index (κ1) is 21.4. The number of rotatable bonds is 6. The van der Waals surface area contributed by atoms with Crippen LogP contribution in [0.1, 0.15) is 62.7 Å². The molecule has 2 rings (SSSR count). The first-order valence-electron chi connectivity index (χ1n) is 9.37. The molecule has 1 saturated carbocycles. The zero-order valence-corrected chi connectivity index (χ0v) is 16.6. The molecule has 0 bridgehead atoms.